The maximum Gasteiger partial charge on any atom is 0.274 e. The van der Waals surface area contributed by atoms with Crippen molar-refractivity contribution in [3.05, 3.63) is 78.3 Å². The van der Waals surface area contributed by atoms with Gasteiger partial charge in [0.15, 0.2) is 5.69 Å². The normalized spacial score (nSPS) is 21.4. The highest BCUT2D eigenvalue weighted by atomic mass is 16.2. The molecule has 1 aromatic carbocycles. The van der Waals surface area contributed by atoms with E-state index < -0.39 is 11.5 Å². The number of likely N-dealkylation sites (N-methyl/N-ethyl adjacent to an activating group) is 1. The fourth-order valence-electron chi connectivity index (χ4n) is 4.75. The van der Waals surface area contributed by atoms with Gasteiger partial charge < -0.3 is 15.1 Å². The first-order valence-corrected chi connectivity index (χ1v) is 10.4. The molecule has 0 radical (unpaired) electrons. The Labute approximate surface area is 185 Å². The van der Waals surface area contributed by atoms with Crippen LogP contribution in [0.15, 0.2) is 67.0 Å². The van der Waals surface area contributed by atoms with Crippen molar-refractivity contribution in [2.45, 2.75) is 17.9 Å². The summed E-state index contributed by atoms with van der Waals surface area (Å²) in [4.78, 5) is 29.0. The van der Waals surface area contributed by atoms with Crippen LogP contribution in [0.4, 0.5) is 5.69 Å². The molecule has 5 rings (SSSR count). The van der Waals surface area contributed by atoms with Crippen LogP contribution in [0.2, 0.25) is 0 Å². The predicted molar refractivity (Wildman–Crippen MR) is 119 cm³/mol. The van der Waals surface area contributed by atoms with Crippen LogP contribution in [-0.2, 0) is 10.2 Å². The lowest BCUT2D eigenvalue weighted by molar-refractivity contribution is -0.131. The summed E-state index contributed by atoms with van der Waals surface area (Å²) in [5, 5.41) is 17.4. The number of nitrogens with one attached hydrogen (secondary N) is 1. The number of carbonyl (C=O) groups is 2. The van der Waals surface area contributed by atoms with Gasteiger partial charge in [-0.2, -0.15) is 10.4 Å². The topological polar surface area (TPSA) is 93.7 Å². The molecule has 2 amide bonds. The summed E-state index contributed by atoms with van der Waals surface area (Å²) in [6.45, 7) is 4.40. The number of amides is 2. The Morgan fingerprint density at radius 2 is 2.09 bits per heavy atom. The van der Waals surface area contributed by atoms with E-state index in [1.165, 1.54) is 4.90 Å². The summed E-state index contributed by atoms with van der Waals surface area (Å²) in [6.07, 6.45) is 2.24. The molecule has 8 heteroatoms. The Hall–Kier alpha value is -4.12. The van der Waals surface area contributed by atoms with Crippen LogP contribution >= 0.6 is 0 Å². The van der Waals surface area contributed by atoms with E-state index in [1.807, 2.05) is 42.5 Å². The number of nitrogens with zero attached hydrogens (tertiary/aromatic N) is 5. The third-order valence-corrected chi connectivity index (χ3v) is 6.44. The summed E-state index contributed by atoms with van der Waals surface area (Å²) in [7, 11) is 1.57. The van der Waals surface area contributed by atoms with Crippen molar-refractivity contribution < 1.29 is 9.59 Å². The lowest BCUT2D eigenvalue weighted by Gasteiger charge is -2.26. The largest absolute Gasteiger partial charge is 0.358 e. The van der Waals surface area contributed by atoms with Gasteiger partial charge in [-0.25, -0.2) is 4.52 Å². The number of pyridine rings is 1. The smallest absolute Gasteiger partial charge is 0.274 e. The molecular weight excluding hydrogens is 404 g/mol. The van der Waals surface area contributed by atoms with E-state index in [9.17, 15) is 14.9 Å². The molecular formula is C24H22N6O2. The zero-order chi connectivity index (χ0) is 22.5. The van der Waals surface area contributed by atoms with Crippen LogP contribution in [0.1, 0.15) is 22.5 Å². The first kappa shape index (κ1) is 19.8. The molecule has 2 unspecified atom stereocenters. The Kier molecular flexibility index (Phi) is 4.48. The van der Waals surface area contributed by atoms with Gasteiger partial charge in [-0.3, -0.25) is 9.59 Å². The molecule has 2 aliphatic rings. The van der Waals surface area contributed by atoms with Gasteiger partial charge in [0.05, 0.1) is 23.5 Å². The SMILES string of the molecule is C=C1Nc2ccccc2C12CC(C#N)N(C(=O)CN(C)C(=O)c1cc3ccccn3n1)C2. The average molecular weight is 426 g/mol. The molecule has 0 saturated carbocycles. The van der Waals surface area contributed by atoms with Gasteiger partial charge in [0.2, 0.25) is 5.91 Å². The Balaban J connectivity index is 1.35. The van der Waals surface area contributed by atoms with E-state index >= 15 is 0 Å². The van der Waals surface area contributed by atoms with E-state index in [1.54, 1.807) is 28.7 Å². The van der Waals surface area contributed by atoms with E-state index in [0.717, 1.165) is 22.5 Å². The van der Waals surface area contributed by atoms with Gasteiger partial charge in [0.1, 0.15) is 6.04 Å². The highest BCUT2D eigenvalue weighted by molar-refractivity contribution is 5.96. The number of likely N-dealkylation sites (tertiary alicyclic amines) is 1. The Morgan fingerprint density at radius 3 is 2.88 bits per heavy atom. The van der Waals surface area contributed by atoms with Gasteiger partial charge in [0, 0.05) is 31.2 Å². The number of para-hydroxylation sites is 1. The third kappa shape index (κ3) is 2.94. The van der Waals surface area contributed by atoms with Crippen molar-refractivity contribution >= 4 is 23.0 Å². The van der Waals surface area contributed by atoms with E-state index in [-0.39, 0.29) is 24.1 Å². The summed E-state index contributed by atoms with van der Waals surface area (Å²) in [5.74, 6) is -0.619. The monoisotopic (exact) mass is 426 g/mol. The molecule has 1 saturated heterocycles. The molecule has 8 nitrogen and oxygen atoms in total. The Bertz CT molecular complexity index is 1270. The van der Waals surface area contributed by atoms with E-state index in [4.69, 9.17) is 0 Å². The Morgan fingerprint density at radius 1 is 1.31 bits per heavy atom. The molecule has 1 N–H and O–H groups in total. The van der Waals surface area contributed by atoms with Crippen molar-refractivity contribution in [1.29, 1.82) is 5.26 Å². The lowest BCUT2D eigenvalue weighted by Crippen LogP contribution is -2.44. The first-order valence-electron chi connectivity index (χ1n) is 10.4. The molecule has 1 spiro atoms. The lowest BCUT2D eigenvalue weighted by atomic mass is 9.78. The van der Waals surface area contributed by atoms with Crippen molar-refractivity contribution in [3.63, 3.8) is 0 Å². The standard InChI is InChI=1S/C24H22N6O2/c1-16-24(19-8-3-4-9-20(19)26-16)12-18(13-25)29(15-24)22(31)14-28(2)23(32)21-11-17-7-5-6-10-30(17)27-21/h3-11,18,26H,1,12,14-15H2,2H3. The van der Waals surface area contributed by atoms with Crippen LogP contribution in [0.5, 0.6) is 0 Å². The van der Waals surface area contributed by atoms with Crippen LogP contribution in [-0.4, -0.2) is 57.4 Å². The minimum absolute atomic E-state index is 0.136. The number of fused-ring (bicyclic) bond motifs is 3. The van der Waals surface area contributed by atoms with Crippen LogP contribution < -0.4 is 5.32 Å². The summed E-state index contributed by atoms with van der Waals surface area (Å²) in [5.41, 5.74) is 3.37. The number of aromatic nitrogens is 2. The van der Waals surface area contributed by atoms with Crippen molar-refractivity contribution in [2.24, 2.45) is 0 Å². The zero-order valence-corrected chi connectivity index (χ0v) is 17.7. The quantitative estimate of drug-likeness (QED) is 0.694. The molecule has 4 heterocycles. The summed E-state index contributed by atoms with van der Waals surface area (Å²) in [6, 6.07) is 16.8. The molecule has 32 heavy (non-hydrogen) atoms. The fraction of sp³-hybridized carbons (Fsp3) is 0.250. The van der Waals surface area contributed by atoms with Gasteiger partial charge in [-0.1, -0.05) is 30.8 Å². The second-order valence-electron chi connectivity index (χ2n) is 8.36. The van der Waals surface area contributed by atoms with Crippen LogP contribution in [0.25, 0.3) is 5.52 Å². The predicted octanol–water partition coefficient (Wildman–Crippen LogP) is 2.41. The second kappa shape index (κ2) is 7.24. The van der Waals surface area contributed by atoms with Gasteiger partial charge in [-0.05, 0) is 36.2 Å². The number of nitriles is 1. The van der Waals surface area contributed by atoms with Crippen LogP contribution in [0.3, 0.4) is 0 Å². The number of carbonyl (C=O) groups excluding carboxylic acids is 2. The number of benzene rings is 1. The molecule has 0 bridgehead atoms. The average Bonchev–Trinajstić information content (AvgIpc) is 3.48. The third-order valence-electron chi connectivity index (χ3n) is 6.44. The summed E-state index contributed by atoms with van der Waals surface area (Å²) < 4.78 is 1.62. The van der Waals surface area contributed by atoms with Gasteiger partial charge in [0.25, 0.3) is 5.91 Å². The van der Waals surface area contributed by atoms with E-state index in [0.29, 0.717) is 13.0 Å². The molecule has 1 fully saturated rings. The van der Waals surface area contributed by atoms with Crippen molar-refractivity contribution in [2.75, 3.05) is 25.5 Å². The van der Waals surface area contributed by atoms with Crippen LogP contribution in [0, 0.1) is 11.3 Å². The molecule has 2 aromatic heterocycles. The number of anilines is 1. The molecule has 3 aromatic rings. The fourth-order valence-corrected chi connectivity index (χ4v) is 4.75. The molecule has 2 aliphatic heterocycles. The zero-order valence-electron chi connectivity index (χ0n) is 17.7. The second-order valence-corrected chi connectivity index (χ2v) is 8.36. The van der Waals surface area contributed by atoms with Gasteiger partial charge >= 0.3 is 0 Å². The number of rotatable bonds is 3. The van der Waals surface area contributed by atoms with Crippen molar-refractivity contribution in [3.8, 4) is 6.07 Å². The minimum Gasteiger partial charge on any atom is -0.358 e. The van der Waals surface area contributed by atoms with E-state index in [2.05, 4.69) is 23.1 Å². The maximum atomic E-state index is 13.2. The molecule has 2 atom stereocenters. The number of hydrogen-bond donors (Lipinski definition) is 1. The summed E-state index contributed by atoms with van der Waals surface area (Å²) >= 11 is 0. The highest BCUT2D eigenvalue weighted by Crippen LogP contribution is 2.50. The maximum absolute atomic E-state index is 13.2. The highest BCUT2D eigenvalue weighted by Gasteiger charge is 2.52. The molecule has 160 valence electrons. The first-order chi connectivity index (χ1) is 15.4. The van der Waals surface area contributed by atoms with Crippen molar-refractivity contribution in [1.82, 2.24) is 19.4 Å². The van der Waals surface area contributed by atoms with Gasteiger partial charge in [-0.15, -0.1) is 0 Å². The number of hydrogen-bond acceptors (Lipinski definition) is 5. The minimum atomic E-state index is -0.592. The molecule has 0 aliphatic carbocycles.